The summed E-state index contributed by atoms with van der Waals surface area (Å²) in [6.07, 6.45) is 2.66. The number of aromatic nitrogens is 3. The first-order valence-corrected chi connectivity index (χ1v) is 9.75. The third kappa shape index (κ3) is 4.99. The fourth-order valence-corrected chi connectivity index (χ4v) is 3.18. The van der Waals surface area contributed by atoms with Gasteiger partial charge in [0.05, 0.1) is 26.5 Å². The number of hydrogen-bond donors (Lipinski definition) is 1. The van der Waals surface area contributed by atoms with Gasteiger partial charge in [-0.2, -0.15) is 13.8 Å². The van der Waals surface area contributed by atoms with E-state index >= 15 is 0 Å². The lowest BCUT2D eigenvalue weighted by atomic mass is 10.1. The molecule has 1 fully saturated rings. The summed E-state index contributed by atoms with van der Waals surface area (Å²) < 4.78 is 54.2. The van der Waals surface area contributed by atoms with Crippen LogP contribution in [0.2, 0.25) is 0 Å². The molecule has 1 N–H and O–H groups in total. The number of pyridine rings is 1. The van der Waals surface area contributed by atoms with Crippen molar-refractivity contribution >= 4 is 17.5 Å². The lowest BCUT2D eigenvalue weighted by Crippen LogP contribution is -2.37. The normalized spacial score (nSPS) is 13.8. The summed E-state index contributed by atoms with van der Waals surface area (Å²) in [5.74, 6) is -0.00287. The maximum atomic E-state index is 14.5. The third-order valence-corrected chi connectivity index (χ3v) is 4.74. The predicted octanol–water partition coefficient (Wildman–Crippen LogP) is 3.87. The standard InChI is InChI=1S/C21H20F3N5O3/c1-30-19-17(10-14(11-25-19)13-2-4-15(5-3-13)32-20(23)24)27-18-16(22)12-26-21(28-18)29-6-8-31-9-7-29/h2-5,10-12,20H,6-9H2,1H3,(H,26,27,28). The number of rotatable bonds is 7. The van der Waals surface area contributed by atoms with Gasteiger partial charge in [0.1, 0.15) is 11.4 Å². The van der Waals surface area contributed by atoms with E-state index in [0.29, 0.717) is 49.1 Å². The average molecular weight is 447 g/mol. The van der Waals surface area contributed by atoms with Crippen molar-refractivity contribution in [3.05, 3.63) is 48.5 Å². The number of nitrogens with zero attached hydrogens (tertiary/aromatic N) is 4. The molecule has 11 heteroatoms. The van der Waals surface area contributed by atoms with Crippen LogP contribution in [0.5, 0.6) is 11.6 Å². The topological polar surface area (TPSA) is 81.6 Å². The zero-order chi connectivity index (χ0) is 22.5. The maximum Gasteiger partial charge on any atom is 0.387 e. The SMILES string of the molecule is COc1ncc(-c2ccc(OC(F)F)cc2)cc1Nc1nc(N2CCOCC2)ncc1F. The Morgan fingerprint density at radius 3 is 2.50 bits per heavy atom. The highest BCUT2D eigenvalue weighted by atomic mass is 19.3. The smallest absolute Gasteiger partial charge is 0.387 e. The van der Waals surface area contributed by atoms with Crippen molar-refractivity contribution in [1.82, 2.24) is 15.0 Å². The van der Waals surface area contributed by atoms with Crippen LogP contribution >= 0.6 is 0 Å². The van der Waals surface area contributed by atoms with E-state index < -0.39 is 12.4 Å². The summed E-state index contributed by atoms with van der Waals surface area (Å²) in [6, 6.07) is 7.79. The molecular weight excluding hydrogens is 427 g/mol. The zero-order valence-corrected chi connectivity index (χ0v) is 17.1. The average Bonchev–Trinajstić information content (AvgIpc) is 2.81. The summed E-state index contributed by atoms with van der Waals surface area (Å²) in [7, 11) is 1.44. The Hall–Kier alpha value is -3.60. The number of halogens is 3. The fraction of sp³-hybridized carbons (Fsp3) is 0.286. The van der Waals surface area contributed by atoms with E-state index in [4.69, 9.17) is 9.47 Å². The molecule has 1 aliphatic rings. The fourth-order valence-electron chi connectivity index (χ4n) is 3.18. The van der Waals surface area contributed by atoms with Crippen LogP contribution in [0.3, 0.4) is 0 Å². The second-order valence-corrected chi connectivity index (χ2v) is 6.77. The van der Waals surface area contributed by atoms with Gasteiger partial charge < -0.3 is 24.4 Å². The molecule has 1 aliphatic heterocycles. The van der Waals surface area contributed by atoms with E-state index in [1.165, 1.54) is 19.2 Å². The summed E-state index contributed by atoms with van der Waals surface area (Å²) in [5, 5.41) is 2.92. The minimum atomic E-state index is -2.90. The van der Waals surface area contributed by atoms with Crippen LogP contribution in [0, 0.1) is 5.82 Å². The second kappa shape index (κ2) is 9.69. The predicted molar refractivity (Wildman–Crippen MR) is 111 cm³/mol. The molecule has 168 valence electrons. The van der Waals surface area contributed by atoms with Gasteiger partial charge in [-0.3, -0.25) is 0 Å². The highest BCUT2D eigenvalue weighted by molar-refractivity contribution is 5.72. The first-order chi connectivity index (χ1) is 15.5. The maximum absolute atomic E-state index is 14.5. The van der Waals surface area contributed by atoms with E-state index in [1.54, 1.807) is 24.4 Å². The first kappa shape index (κ1) is 21.6. The van der Waals surface area contributed by atoms with Crippen LogP contribution in [-0.4, -0.2) is 55.0 Å². The monoisotopic (exact) mass is 447 g/mol. The molecule has 0 bridgehead atoms. The van der Waals surface area contributed by atoms with Gasteiger partial charge in [-0.15, -0.1) is 0 Å². The van der Waals surface area contributed by atoms with Gasteiger partial charge in [-0.25, -0.2) is 14.4 Å². The largest absolute Gasteiger partial charge is 0.480 e. The van der Waals surface area contributed by atoms with Gasteiger partial charge >= 0.3 is 6.61 Å². The van der Waals surface area contributed by atoms with Crippen LogP contribution in [0.1, 0.15) is 0 Å². The van der Waals surface area contributed by atoms with Gasteiger partial charge in [-0.05, 0) is 23.8 Å². The van der Waals surface area contributed by atoms with Crippen molar-refractivity contribution < 1.29 is 27.4 Å². The summed E-state index contributed by atoms with van der Waals surface area (Å²) >= 11 is 0. The minimum absolute atomic E-state index is 0.0283. The van der Waals surface area contributed by atoms with E-state index in [2.05, 4.69) is 25.0 Å². The lowest BCUT2D eigenvalue weighted by Gasteiger charge is -2.27. The Morgan fingerprint density at radius 1 is 1.06 bits per heavy atom. The lowest BCUT2D eigenvalue weighted by molar-refractivity contribution is -0.0498. The Kier molecular flexibility index (Phi) is 6.55. The van der Waals surface area contributed by atoms with Gasteiger partial charge in [0, 0.05) is 24.8 Å². The number of benzene rings is 1. The Bertz CT molecular complexity index is 1060. The molecule has 8 nitrogen and oxygen atoms in total. The number of alkyl halides is 2. The van der Waals surface area contributed by atoms with E-state index in [1.807, 2.05) is 4.90 Å². The van der Waals surface area contributed by atoms with Crippen molar-refractivity contribution in [3.8, 4) is 22.8 Å². The number of ether oxygens (including phenoxy) is 3. The van der Waals surface area contributed by atoms with Crippen molar-refractivity contribution in [3.63, 3.8) is 0 Å². The van der Waals surface area contributed by atoms with Crippen molar-refractivity contribution in [2.45, 2.75) is 6.61 Å². The van der Waals surface area contributed by atoms with Gasteiger partial charge in [0.25, 0.3) is 0 Å². The Labute approximate surface area is 182 Å². The van der Waals surface area contributed by atoms with Crippen LogP contribution in [0.25, 0.3) is 11.1 Å². The van der Waals surface area contributed by atoms with Crippen LogP contribution in [0.15, 0.2) is 42.7 Å². The molecule has 3 heterocycles. The summed E-state index contributed by atoms with van der Waals surface area (Å²) in [4.78, 5) is 14.5. The number of methoxy groups -OCH3 is 1. The highest BCUT2D eigenvalue weighted by Crippen LogP contribution is 2.32. The molecule has 3 aromatic rings. The van der Waals surface area contributed by atoms with E-state index in [0.717, 1.165) is 6.20 Å². The van der Waals surface area contributed by atoms with Crippen molar-refractivity contribution in [2.75, 3.05) is 43.6 Å². The van der Waals surface area contributed by atoms with Crippen LogP contribution in [-0.2, 0) is 4.74 Å². The molecule has 2 aromatic heterocycles. The molecule has 1 aromatic carbocycles. The highest BCUT2D eigenvalue weighted by Gasteiger charge is 2.18. The molecular formula is C21H20F3N5O3. The van der Waals surface area contributed by atoms with Crippen LogP contribution < -0.4 is 19.7 Å². The zero-order valence-electron chi connectivity index (χ0n) is 17.1. The van der Waals surface area contributed by atoms with Crippen LogP contribution in [0.4, 0.5) is 30.6 Å². The number of nitrogens with one attached hydrogen (secondary N) is 1. The quantitative estimate of drug-likeness (QED) is 0.585. The molecule has 0 spiro atoms. The summed E-state index contributed by atoms with van der Waals surface area (Å²) in [6.45, 7) is -0.591. The first-order valence-electron chi connectivity index (χ1n) is 9.75. The van der Waals surface area contributed by atoms with Crippen molar-refractivity contribution in [1.29, 1.82) is 0 Å². The minimum Gasteiger partial charge on any atom is -0.480 e. The molecule has 4 rings (SSSR count). The van der Waals surface area contributed by atoms with E-state index in [-0.39, 0.29) is 17.4 Å². The number of hydrogen-bond acceptors (Lipinski definition) is 8. The van der Waals surface area contributed by atoms with Gasteiger partial charge in [-0.1, -0.05) is 12.1 Å². The Morgan fingerprint density at radius 2 is 1.81 bits per heavy atom. The molecule has 0 atom stereocenters. The molecule has 0 saturated carbocycles. The second-order valence-electron chi connectivity index (χ2n) is 6.77. The Balaban J connectivity index is 1.61. The molecule has 0 amide bonds. The summed E-state index contributed by atoms with van der Waals surface area (Å²) in [5.41, 5.74) is 1.73. The molecule has 1 saturated heterocycles. The molecule has 0 unspecified atom stereocenters. The number of anilines is 3. The third-order valence-electron chi connectivity index (χ3n) is 4.74. The molecule has 32 heavy (non-hydrogen) atoms. The number of morpholine rings is 1. The molecule has 0 radical (unpaired) electrons. The molecule has 0 aliphatic carbocycles. The van der Waals surface area contributed by atoms with Crippen molar-refractivity contribution in [2.24, 2.45) is 0 Å². The van der Waals surface area contributed by atoms with Gasteiger partial charge in [0.15, 0.2) is 11.6 Å². The van der Waals surface area contributed by atoms with Gasteiger partial charge in [0.2, 0.25) is 11.8 Å². The van der Waals surface area contributed by atoms with E-state index in [9.17, 15) is 13.2 Å².